The fourth-order valence-corrected chi connectivity index (χ4v) is 7.02. The lowest BCUT2D eigenvalue weighted by molar-refractivity contribution is -0.388. The number of amides is 1. The van der Waals surface area contributed by atoms with Crippen molar-refractivity contribution in [2.24, 2.45) is 11.8 Å². The van der Waals surface area contributed by atoms with Crippen molar-refractivity contribution >= 4 is 17.3 Å². The Morgan fingerprint density at radius 3 is 2.39 bits per heavy atom. The Kier molecular flexibility index (Phi) is 10.6. The van der Waals surface area contributed by atoms with Gasteiger partial charge in [-0.1, -0.05) is 19.3 Å². The summed E-state index contributed by atoms with van der Waals surface area (Å²) < 4.78 is 46.3. The van der Waals surface area contributed by atoms with Crippen LogP contribution in [0.5, 0.6) is 5.75 Å². The van der Waals surface area contributed by atoms with Crippen LogP contribution < -0.4 is 10.1 Å². The van der Waals surface area contributed by atoms with E-state index >= 15 is 0 Å². The highest BCUT2D eigenvalue weighted by Gasteiger charge is 2.38. The number of alkyl halides is 3. The SMILES string of the molecule is O=C(CC1CCCCC1)N1CCC(CCc2cc(OC3CCC(Nc4ccc([N+](=O)[O-])c(C(F)(F)F)c4)CC3)ccn2)CC1. The van der Waals surface area contributed by atoms with Gasteiger partial charge in [-0.15, -0.1) is 0 Å². The number of carbonyl (C=O) groups is 1. The number of nitrogens with one attached hydrogen (secondary N) is 1. The van der Waals surface area contributed by atoms with E-state index in [-0.39, 0.29) is 17.8 Å². The number of rotatable bonds is 10. The Balaban J connectivity index is 1.03. The van der Waals surface area contributed by atoms with Crippen molar-refractivity contribution in [3.63, 3.8) is 0 Å². The third-order valence-corrected chi connectivity index (χ3v) is 9.60. The van der Waals surface area contributed by atoms with Crippen molar-refractivity contribution in [3.8, 4) is 5.75 Å². The Bertz CT molecular complexity index is 1270. The highest BCUT2D eigenvalue weighted by molar-refractivity contribution is 5.76. The summed E-state index contributed by atoms with van der Waals surface area (Å²) in [5, 5.41) is 14.1. The number of piperidine rings is 1. The standard InChI is InChI=1S/C33H43F3N4O4/c34-33(35,36)30-22-27(10-13-31(30)40(42)43)38-25-8-11-28(12-9-25)44-29-14-17-37-26(21-29)7-6-23-15-18-39(19-16-23)32(41)20-24-4-2-1-3-5-24/h10,13-14,17,21-25,28,38H,1-9,11-12,15-16,18-20H2. The van der Waals surface area contributed by atoms with Gasteiger partial charge in [0.1, 0.15) is 11.3 Å². The van der Waals surface area contributed by atoms with Gasteiger partial charge in [-0.05, 0) is 94.2 Å². The van der Waals surface area contributed by atoms with Crippen molar-refractivity contribution in [1.29, 1.82) is 0 Å². The van der Waals surface area contributed by atoms with Crippen LogP contribution in [0.15, 0.2) is 36.5 Å². The number of hydrogen-bond donors (Lipinski definition) is 1. The van der Waals surface area contributed by atoms with E-state index in [1.54, 1.807) is 6.20 Å². The second-order valence-electron chi connectivity index (χ2n) is 12.8. The van der Waals surface area contributed by atoms with Gasteiger partial charge in [0.25, 0.3) is 5.69 Å². The highest BCUT2D eigenvalue weighted by atomic mass is 19.4. The summed E-state index contributed by atoms with van der Waals surface area (Å²) >= 11 is 0. The van der Waals surface area contributed by atoms with E-state index in [0.717, 1.165) is 81.6 Å². The molecule has 0 atom stereocenters. The molecule has 0 spiro atoms. The molecule has 2 saturated carbocycles. The van der Waals surface area contributed by atoms with Gasteiger partial charge in [0, 0.05) is 55.3 Å². The number of carbonyl (C=O) groups excluding carboxylic acids is 1. The van der Waals surface area contributed by atoms with Crippen molar-refractivity contribution in [2.75, 3.05) is 18.4 Å². The van der Waals surface area contributed by atoms with E-state index in [0.29, 0.717) is 30.6 Å². The molecule has 1 N–H and O–H groups in total. The molecule has 11 heteroatoms. The fourth-order valence-electron chi connectivity index (χ4n) is 7.02. The second kappa shape index (κ2) is 14.6. The average Bonchev–Trinajstić information content (AvgIpc) is 3.01. The van der Waals surface area contributed by atoms with Crippen molar-refractivity contribution < 1.29 is 27.6 Å². The van der Waals surface area contributed by atoms with Crippen LogP contribution in [0.3, 0.4) is 0 Å². The molecule has 0 unspecified atom stereocenters. The predicted octanol–water partition coefficient (Wildman–Crippen LogP) is 7.95. The molecule has 5 rings (SSSR count). The normalized spacial score (nSPS) is 22.0. The predicted molar refractivity (Wildman–Crippen MR) is 161 cm³/mol. The summed E-state index contributed by atoms with van der Waals surface area (Å²) in [5.74, 6) is 2.29. The zero-order valence-electron chi connectivity index (χ0n) is 25.2. The van der Waals surface area contributed by atoms with Gasteiger partial charge in [-0.25, -0.2) is 0 Å². The lowest BCUT2D eigenvalue weighted by Gasteiger charge is -2.33. The van der Waals surface area contributed by atoms with Crippen LogP contribution in [0.4, 0.5) is 24.5 Å². The number of anilines is 1. The minimum absolute atomic E-state index is 0.00127. The molecule has 1 amide bonds. The minimum atomic E-state index is -4.80. The summed E-state index contributed by atoms with van der Waals surface area (Å²) in [6, 6.07) is 6.88. The number of likely N-dealkylation sites (tertiary alicyclic amines) is 1. The van der Waals surface area contributed by atoms with Gasteiger partial charge in [0.15, 0.2) is 0 Å². The zero-order valence-corrected chi connectivity index (χ0v) is 25.2. The van der Waals surface area contributed by atoms with Gasteiger partial charge in [0.05, 0.1) is 11.0 Å². The molecular formula is C33H43F3N4O4. The molecule has 240 valence electrons. The molecule has 2 heterocycles. The molecule has 44 heavy (non-hydrogen) atoms. The van der Waals surface area contributed by atoms with Crippen molar-refractivity contribution in [3.05, 3.63) is 57.9 Å². The largest absolute Gasteiger partial charge is 0.490 e. The summed E-state index contributed by atoms with van der Waals surface area (Å²) in [6.45, 7) is 1.72. The molecule has 0 radical (unpaired) electrons. The lowest BCUT2D eigenvalue weighted by atomic mass is 9.86. The molecule has 8 nitrogen and oxygen atoms in total. The van der Waals surface area contributed by atoms with Crippen LogP contribution in [0.25, 0.3) is 0 Å². The zero-order chi connectivity index (χ0) is 31.1. The third-order valence-electron chi connectivity index (χ3n) is 9.60. The minimum Gasteiger partial charge on any atom is -0.490 e. The van der Waals surface area contributed by atoms with Crippen LogP contribution in [0.2, 0.25) is 0 Å². The van der Waals surface area contributed by atoms with E-state index in [1.807, 2.05) is 12.1 Å². The number of benzene rings is 1. The molecule has 1 saturated heterocycles. The maximum absolute atomic E-state index is 13.3. The molecule has 1 aliphatic heterocycles. The van der Waals surface area contributed by atoms with Gasteiger partial charge in [-0.2, -0.15) is 13.2 Å². The first kappa shape index (κ1) is 32.0. The molecule has 1 aromatic carbocycles. The highest BCUT2D eigenvalue weighted by Crippen LogP contribution is 2.38. The monoisotopic (exact) mass is 616 g/mol. The maximum atomic E-state index is 13.3. The van der Waals surface area contributed by atoms with E-state index < -0.39 is 22.4 Å². The summed E-state index contributed by atoms with van der Waals surface area (Å²) in [7, 11) is 0. The Morgan fingerprint density at radius 2 is 1.70 bits per heavy atom. The first-order chi connectivity index (χ1) is 21.1. The number of halogens is 3. The van der Waals surface area contributed by atoms with Gasteiger partial charge >= 0.3 is 6.18 Å². The van der Waals surface area contributed by atoms with E-state index in [1.165, 1.54) is 38.2 Å². The average molecular weight is 617 g/mol. The molecule has 2 aromatic rings. The first-order valence-corrected chi connectivity index (χ1v) is 16.2. The van der Waals surface area contributed by atoms with Crippen molar-refractivity contribution in [1.82, 2.24) is 9.88 Å². The van der Waals surface area contributed by atoms with Crippen LogP contribution in [0.1, 0.15) is 94.7 Å². The number of aryl methyl sites for hydroxylation is 1. The molecule has 0 bridgehead atoms. The quantitative estimate of drug-likeness (QED) is 0.215. The maximum Gasteiger partial charge on any atom is 0.423 e. The summed E-state index contributed by atoms with van der Waals surface area (Å²) in [4.78, 5) is 29.4. The Hall–Kier alpha value is -3.37. The van der Waals surface area contributed by atoms with E-state index in [9.17, 15) is 28.1 Å². The van der Waals surface area contributed by atoms with Gasteiger partial charge in [-0.3, -0.25) is 19.9 Å². The number of pyridine rings is 1. The molecule has 1 aromatic heterocycles. The lowest BCUT2D eigenvalue weighted by Crippen LogP contribution is -2.39. The van der Waals surface area contributed by atoms with Crippen molar-refractivity contribution in [2.45, 2.75) is 108 Å². The van der Waals surface area contributed by atoms with Crippen LogP contribution >= 0.6 is 0 Å². The number of hydrogen-bond acceptors (Lipinski definition) is 6. The Labute approximate surface area is 256 Å². The Morgan fingerprint density at radius 1 is 0.977 bits per heavy atom. The number of ether oxygens (including phenoxy) is 1. The number of nitrogens with zero attached hydrogens (tertiary/aromatic N) is 3. The molecular weight excluding hydrogens is 573 g/mol. The molecule has 2 aliphatic carbocycles. The van der Waals surface area contributed by atoms with E-state index in [4.69, 9.17) is 4.74 Å². The first-order valence-electron chi connectivity index (χ1n) is 16.2. The van der Waals surface area contributed by atoms with Crippen LogP contribution in [-0.4, -0.2) is 45.9 Å². The topological polar surface area (TPSA) is 97.6 Å². The molecule has 3 fully saturated rings. The van der Waals surface area contributed by atoms with E-state index in [2.05, 4.69) is 15.2 Å². The molecule has 3 aliphatic rings. The fraction of sp³-hybridized carbons (Fsp3) is 0.636. The second-order valence-corrected chi connectivity index (χ2v) is 12.8. The number of nitro benzene ring substituents is 1. The third kappa shape index (κ3) is 8.85. The summed E-state index contributed by atoms with van der Waals surface area (Å²) in [5.41, 5.74) is -0.975. The van der Waals surface area contributed by atoms with Gasteiger partial charge < -0.3 is 15.0 Å². The number of aromatic nitrogens is 1. The van der Waals surface area contributed by atoms with Gasteiger partial charge in [0.2, 0.25) is 5.91 Å². The van der Waals surface area contributed by atoms with Crippen LogP contribution in [-0.2, 0) is 17.4 Å². The summed E-state index contributed by atoms with van der Waals surface area (Å²) in [6.07, 6.45) is 10.8. The number of nitro groups is 1. The smallest absolute Gasteiger partial charge is 0.423 e. The van der Waals surface area contributed by atoms with Crippen LogP contribution in [0, 0.1) is 22.0 Å².